The molecule has 0 fully saturated rings. The first-order chi connectivity index (χ1) is 8.24. The zero-order chi connectivity index (χ0) is 13.9. The zero-order valence-electron chi connectivity index (χ0n) is 9.65. The van der Waals surface area contributed by atoms with Gasteiger partial charge in [-0.3, -0.25) is 0 Å². The Labute approximate surface area is 120 Å². The van der Waals surface area contributed by atoms with Crippen molar-refractivity contribution in [1.82, 2.24) is 4.72 Å². The molecule has 0 aliphatic rings. The van der Waals surface area contributed by atoms with E-state index in [1.54, 1.807) is 6.92 Å². The third-order valence-electron chi connectivity index (χ3n) is 2.18. The first kappa shape index (κ1) is 15.7. The van der Waals surface area contributed by atoms with Gasteiger partial charge in [0.1, 0.15) is 0 Å². The summed E-state index contributed by atoms with van der Waals surface area (Å²) in [6.07, 6.45) is -0.243. The number of nitrogen functional groups attached to an aromatic ring is 1. The molecule has 0 bridgehead atoms. The number of benzene rings is 1. The number of hydrogen-bond acceptors (Lipinski definition) is 4. The van der Waals surface area contributed by atoms with E-state index in [1.807, 2.05) is 0 Å². The van der Waals surface area contributed by atoms with Crippen molar-refractivity contribution in [3.8, 4) is 0 Å². The van der Waals surface area contributed by atoms with E-state index in [0.717, 1.165) is 0 Å². The molecule has 0 saturated heterocycles. The van der Waals surface area contributed by atoms with Crippen molar-refractivity contribution in [3.63, 3.8) is 0 Å². The summed E-state index contributed by atoms with van der Waals surface area (Å²) < 4.78 is 26.6. The van der Waals surface area contributed by atoms with Crippen LogP contribution in [0.3, 0.4) is 0 Å². The molecule has 0 aliphatic carbocycles. The van der Waals surface area contributed by atoms with Gasteiger partial charge in [0.05, 0.1) is 15.5 Å². The second kappa shape index (κ2) is 6.21. The average molecular weight is 358 g/mol. The molecule has 0 spiro atoms. The minimum absolute atomic E-state index is 0.0157. The largest absolute Gasteiger partial charge is 0.398 e. The van der Waals surface area contributed by atoms with E-state index in [4.69, 9.17) is 22.4 Å². The van der Waals surface area contributed by atoms with Crippen LogP contribution in [0.2, 0.25) is 5.02 Å². The number of sulfonamides is 1. The van der Waals surface area contributed by atoms with Crippen molar-refractivity contribution in [2.75, 3.05) is 12.3 Å². The Morgan fingerprint density at radius 3 is 2.72 bits per heavy atom. The van der Waals surface area contributed by atoms with Gasteiger partial charge in [-0.25, -0.2) is 13.1 Å². The van der Waals surface area contributed by atoms with Gasteiger partial charge >= 0.3 is 0 Å². The van der Waals surface area contributed by atoms with Gasteiger partial charge in [-0.2, -0.15) is 0 Å². The van der Waals surface area contributed by atoms with Crippen molar-refractivity contribution in [3.05, 3.63) is 21.6 Å². The summed E-state index contributed by atoms with van der Waals surface area (Å²) in [5.74, 6) is 0. The minimum Gasteiger partial charge on any atom is -0.398 e. The van der Waals surface area contributed by atoms with Gasteiger partial charge in [0.2, 0.25) is 10.0 Å². The van der Waals surface area contributed by atoms with Crippen molar-refractivity contribution in [1.29, 1.82) is 0 Å². The summed E-state index contributed by atoms with van der Waals surface area (Å²) in [6.45, 7) is 1.72. The molecule has 0 saturated carbocycles. The Kier molecular flexibility index (Phi) is 5.42. The predicted molar refractivity (Wildman–Crippen MR) is 75.1 cm³/mol. The quantitative estimate of drug-likeness (QED) is 0.700. The molecule has 0 amide bonds. The summed E-state index contributed by atoms with van der Waals surface area (Å²) in [5.41, 5.74) is 5.88. The van der Waals surface area contributed by atoms with Gasteiger partial charge in [-0.05, 0) is 41.4 Å². The van der Waals surface area contributed by atoms with Crippen LogP contribution in [0, 0.1) is 0 Å². The van der Waals surface area contributed by atoms with E-state index in [-0.39, 0.29) is 26.6 Å². The number of nitrogens with two attached hydrogens (primary N) is 1. The van der Waals surface area contributed by atoms with Crippen LogP contribution in [-0.2, 0) is 10.0 Å². The van der Waals surface area contributed by atoms with Crippen LogP contribution in [0.4, 0.5) is 5.69 Å². The highest BCUT2D eigenvalue weighted by Crippen LogP contribution is 2.31. The van der Waals surface area contributed by atoms with Gasteiger partial charge in [0.25, 0.3) is 0 Å². The molecule has 1 aromatic carbocycles. The molecule has 1 rings (SSSR count). The van der Waals surface area contributed by atoms with Crippen LogP contribution in [0.1, 0.15) is 13.3 Å². The smallest absolute Gasteiger partial charge is 0.241 e. The third-order valence-corrected chi connectivity index (χ3v) is 5.03. The maximum Gasteiger partial charge on any atom is 0.241 e. The fraction of sp³-hybridized carbons (Fsp3) is 0.400. The molecule has 1 aromatic rings. The highest BCUT2D eigenvalue weighted by atomic mass is 79.9. The Morgan fingerprint density at radius 1 is 1.56 bits per heavy atom. The molecule has 0 radical (unpaired) electrons. The van der Waals surface area contributed by atoms with Gasteiger partial charge in [-0.1, -0.05) is 11.6 Å². The predicted octanol–water partition coefficient (Wildman–Crippen LogP) is 1.73. The molecule has 18 heavy (non-hydrogen) atoms. The van der Waals surface area contributed by atoms with Crippen LogP contribution in [-0.4, -0.2) is 26.2 Å². The van der Waals surface area contributed by atoms with Gasteiger partial charge < -0.3 is 10.8 Å². The lowest BCUT2D eigenvalue weighted by Crippen LogP contribution is -2.27. The molecule has 102 valence electrons. The van der Waals surface area contributed by atoms with Crippen molar-refractivity contribution < 1.29 is 13.5 Å². The lowest BCUT2D eigenvalue weighted by Gasteiger charge is -2.11. The summed E-state index contributed by atoms with van der Waals surface area (Å²) in [5, 5.41) is 9.32. The first-order valence-corrected chi connectivity index (χ1v) is 7.81. The normalized spacial score (nSPS) is 13.6. The fourth-order valence-electron chi connectivity index (χ4n) is 1.26. The van der Waals surface area contributed by atoms with Crippen LogP contribution in [0.25, 0.3) is 0 Å². The lowest BCUT2D eigenvalue weighted by molar-refractivity contribution is 0.186. The Bertz CT molecular complexity index is 534. The average Bonchev–Trinajstić information content (AvgIpc) is 2.22. The van der Waals surface area contributed by atoms with Crippen molar-refractivity contribution in [2.24, 2.45) is 0 Å². The Hall–Kier alpha value is -0.340. The summed E-state index contributed by atoms with van der Waals surface area (Å²) in [6, 6.07) is 2.77. The van der Waals surface area contributed by atoms with Crippen LogP contribution >= 0.6 is 27.5 Å². The Morgan fingerprint density at radius 2 is 2.17 bits per heavy atom. The maximum atomic E-state index is 12.0. The maximum absolute atomic E-state index is 12.0. The molecule has 0 heterocycles. The molecule has 0 aromatic heterocycles. The molecule has 4 N–H and O–H groups in total. The van der Waals surface area contributed by atoms with Crippen molar-refractivity contribution >= 4 is 43.2 Å². The highest BCUT2D eigenvalue weighted by Gasteiger charge is 2.19. The number of rotatable bonds is 5. The molecule has 1 atom stereocenters. The van der Waals surface area contributed by atoms with Gasteiger partial charge in [-0.15, -0.1) is 0 Å². The van der Waals surface area contributed by atoms with Gasteiger partial charge in [0, 0.05) is 17.3 Å². The SMILES string of the molecule is CC(O)CCNS(=O)(=O)c1cc(Cl)cc(N)c1Br. The second-order valence-corrected chi connectivity index (χ2v) is 6.81. The standard InChI is InChI=1S/C10H14BrClN2O3S/c1-6(15)2-3-14-18(16,17)9-5-7(12)4-8(13)10(9)11/h4-6,14-15H,2-3,13H2,1H3. The summed E-state index contributed by atoms with van der Waals surface area (Å²) >= 11 is 8.90. The molecule has 0 aliphatic heterocycles. The van der Waals surface area contributed by atoms with E-state index in [2.05, 4.69) is 20.7 Å². The van der Waals surface area contributed by atoms with Crippen molar-refractivity contribution in [2.45, 2.75) is 24.3 Å². The minimum atomic E-state index is -3.70. The third kappa shape index (κ3) is 4.10. The number of aliphatic hydroxyl groups excluding tert-OH is 1. The number of nitrogens with one attached hydrogen (secondary N) is 1. The molecule has 1 unspecified atom stereocenters. The molecule has 8 heteroatoms. The van der Waals surface area contributed by atoms with E-state index in [1.165, 1.54) is 12.1 Å². The number of hydrogen-bond donors (Lipinski definition) is 3. The summed E-state index contributed by atoms with van der Waals surface area (Å²) in [4.78, 5) is -0.0157. The van der Waals surface area contributed by atoms with E-state index >= 15 is 0 Å². The summed E-state index contributed by atoms with van der Waals surface area (Å²) in [7, 11) is -3.70. The number of halogens is 2. The van der Waals surface area contributed by atoms with E-state index in [9.17, 15) is 8.42 Å². The van der Waals surface area contributed by atoms with Gasteiger partial charge in [0.15, 0.2) is 0 Å². The second-order valence-electron chi connectivity index (χ2n) is 3.84. The van der Waals surface area contributed by atoms with Crippen LogP contribution < -0.4 is 10.5 Å². The Balaban J connectivity index is 2.98. The topological polar surface area (TPSA) is 92.4 Å². The first-order valence-electron chi connectivity index (χ1n) is 5.16. The van der Waals surface area contributed by atoms with Crippen LogP contribution in [0.5, 0.6) is 0 Å². The zero-order valence-corrected chi connectivity index (χ0v) is 12.8. The number of aliphatic hydroxyl groups is 1. The van der Waals surface area contributed by atoms with E-state index in [0.29, 0.717) is 6.42 Å². The van der Waals surface area contributed by atoms with E-state index < -0.39 is 16.1 Å². The monoisotopic (exact) mass is 356 g/mol. The number of anilines is 1. The molecular formula is C10H14BrClN2O3S. The molecular weight excluding hydrogens is 344 g/mol. The van der Waals surface area contributed by atoms with Crippen LogP contribution in [0.15, 0.2) is 21.5 Å². The lowest BCUT2D eigenvalue weighted by atomic mass is 10.3. The fourth-order valence-corrected chi connectivity index (χ4v) is 3.60. The highest BCUT2D eigenvalue weighted by molar-refractivity contribution is 9.10. The molecule has 5 nitrogen and oxygen atoms in total.